The van der Waals surface area contributed by atoms with Gasteiger partial charge in [-0.15, -0.1) is 0 Å². The van der Waals surface area contributed by atoms with Crippen molar-refractivity contribution in [3.63, 3.8) is 0 Å². The van der Waals surface area contributed by atoms with E-state index in [4.69, 9.17) is 9.47 Å². The van der Waals surface area contributed by atoms with E-state index in [-0.39, 0.29) is 11.9 Å². The molecule has 1 N–H and O–H groups in total. The first kappa shape index (κ1) is 20.0. The summed E-state index contributed by atoms with van der Waals surface area (Å²) in [6.45, 7) is 6.04. The molecule has 0 aromatic heterocycles. The molecule has 1 heterocycles. The zero-order valence-corrected chi connectivity index (χ0v) is 16.9. The Morgan fingerprint density at radius 3 is 2.00 bits per heavy atom. The fourth-order valence-electron chi connectivity index (χ4n) is 3.41. The van der Waals surface area contributed by atoms with Crippen molar-refractivity contribution in [2.24, 2.45) is 0 Å². The lowest BCUT2D eigenvalue weighted by molar-refractivity contribution is -0.126. The minimum Gasteiger partial charge on any atom is -0.497 e. The zero-order valence-electron chi connectivity index (χ0n) is 16.9. The van der Waals surface area contributed by atoms with Gasteiger partial charge in [0.25, 0.3) is 0 Å². The lowest BCUT2D eigenvalue weighted by atomic mass is 10.1. The molecule has 0 unspecified atom stereocenters. The second-order valence-electron chi connectivity index (χ2n) is 6.96. The first-order valence-corrected chi connectivity index (χ1v) is 9.64. The summed E-state index contributed by atoms with van der Waals surface area (Å²) in [4.78, 5) is 17.1. The molecule has 3 rings (SSSR count). The Bertz CT molecular complexity index is 754. The maximum absolute atomic E-state index is 12.6. The van der Waals surface area contributed by atoms with Crippen LogP contribution in [0, 0.1) is 0 Å². The number of carbonyl (C=O) groups is 1. The van der Waals surface area contributed by atoms with Gasteiger partial charge in [-0.2, -0.15) is 0 Å². The van der Waals surface area contributed by atoms with E-state index in [1.165, 1.54) is 5.69 Å². The van der Waals surface area contributed by atoms with Crippen molar-refractivity contribution in [2.75, 3.05) is 45.3 Å². The molecule has 0 aliphatic carbocycles. The SMILES string of the molecule is COc1ccc(CNC(=O)[C@H](C)N2CCN(c3ccc(OC)cc3)CC2)cc1. The molecule has 2 aromatic rings. The maximum atomic E-state index is 12.6. The lowest BCUT2D eigenvalue weighted by Gasteiger charge is -2.38. The number of nitrogens with zero attached hydrogens (tertiary/aromatic N) is 2. The topological polar surface area (TPSA) is 54.0 Å². The standard InChI is InChI=1S/C22H29N3O3/c1-17(22(26)23-16-18-4-8-20(27-2)9-5-18)24-12-14-25(15-13-24)19-6-10-21(28-3)11-7-19/h4-11,17H,12-16H2,1-3H3,(H,23,26)/t17-/m0/s1. The number of rotatable bonds is 7. The largest absolute Gasteiger partial charge is 0.497 e. The van der Waals surface area contributed by atoms with Gasteiger partial charge in [0, 0.05) is 38.4 Å². The Hall–Kier alpha value is -2.73. The highest BCUT2D eigenvalue weighted by Gasteiger charge is 2.25. The molecule has 1 aliphatic rings. The van der Waals surface area contributed by atoms with Gasteiger partial charge in [0.05, 0.1) is 20.3 Å². The summed E-state index contributed by atoms with van der Waals surface area (Å²) < 4.78 is 10.4. The van der Waals surface area contributed by atoms with Crippen molar-refractivity contribution < 1.29 is 14.3 Å². The maximum Gasteiger partial charge on any atom is 0.237 e. The van der Waals surface area contributed by atoms with E-state index >= 15 is 0 Å². The number of hydrogen-bond donors (Lipinski definition) is 1. The number of ether oxygens (including phenoxy) is 2. The quantitative estimate of drug-likeness (QED) is 0.796. The summed E-state index contributed by atoms with van der Waals surface area (Å²) >= 11 is 0. The minimum atomic E-state index is -0.142. The molecule has 28 heavy (non-hydrogen) atoms. The molecular formula is C22H29N3O3. The number of amides is 1. The first-order chi connectivity index (χ1) is 13.6. The number of benzene rings is 2. The zero-order chi connectivity index (χ0) is 19.9. The number of nitrogens with one attached hydrogen (secondary N) is 1. The van der Waals surface area contributed by atoms with Crippen molar-refractivity contribution in [2.45, 2.75) is 19.5 Å². The summed E-state index contributed by atoms with van der Waals surface area (Å²) in [7, 11) is 3.32. The molecule has 0 bridgehead atoms. The van der Waals surface area contributed by atoms with Gasteiger partial charge < -0.3 is 19.7 Å². The third-order valence-corrected chi connectivity index (χ3v) is 5.30. The van der Waals surface area contributed by atoms with Crippen molar-refractivity contribution in [1.29, 1.82) is 0 Å². The van der Waals surface area contributed by atoms with Crippen LogP contribution in [-0.2, 0) is 11.3 Å². The highest BCUT2D eigenvalue weighted by atomic mass is 16.5. The van der Waals surface area contributed by atoms with Crippen LogP contribution in [0.1, 0.15) is 12.5 Å². The van der Waals surface area contributed by atoms with E-state index in [1.54, 1.807) is 14.2 Å². The molecule has 0 spiro atoms. The van der Waals surface area contributed by atoms with Gasteiger partial charge in [0.15, 0.2) is 0 Å². The van der Waals surface area contributed by atoms with Gasteiger partial charge in [-0.05, 0) is 48.9 Å². The molecule has 0 saturated carbocycles. The van der Waals surface area contributed by atoms with E-state index in [0.717, 1.165) is 43.2 Å². The van der Waals surface area contributed by atoms with Crippen LogP contribution in [0.3, 0.4) is 0 Å². The highest BCUT2D eigenvalue weighted by Crippen LogP contribution is 2.21. The van der Waals surface area contributed by atoms with E-state index in [2.05, 4.69) is 27.2 Å². The summed E-state index contributed by atoms with van der Waals surface area (Å²) in [6, 6.07) is 15.7. The highest BCUT2D eigenvalue weighted by molar-refractivity contribution is 5.81. The van der Waals surface area contributed by atoms with Crippen molar-refractivity contribution in [3.8, 4) is 11.5 Å². The summed E-state index contributed by atoms with van der Waals surface area (Å²) in [6.07, 6.45) is 0. The van der Waals surface area contributed by atoms with Crippen LogP contribution in [-0.4, -0.2) is 57.2 Å². The molecule has 1 saturated heterocycles. The molecule has 2 aromatic carbocycles. The second kappa shape index (κ2) is 9.46. The molecule has 0 radical (unpaired) electrons. The van der Waals surface area contributed by atoms with Crippen LogP contribution in [0.4, 0.5) is 5.69 Å². The number of hydrogen-bond acceptors (Lipinski definition) is 5. The van der Waals surface area contributed by atoms with Gasteiger partial charge in [-0.25, -0.2) is 0 Å². The number of carbonyl (C=O) groups excluding carboxylic acids is 1. The smallest absolute Gasteiger partial charge is 0.237 e. The van der Waals surface area contributed by atoms with Gasteiger partial charge >= 0.3 is 0 Å². The van der Waals surface area contributed by atoms with Crippen molar-refractivity contribution in [3.05, 3.63) is 54.1 Å². The predicted octanol–water partition coefficient (Wildman–Crippen LogP) is 2.53. The summed E-state index contributed by atoms with van der Waals surface area (Å²) in [5.41, 5.74) is 2.25. The number of anilines is 1. The average Bonchev–Trinajstić information content (AvgIpc) is 2.77. The summed E-state index contributed by atoms with van der Waals surface area (Å²) in [5, 5.41) is 3.04. The molecule has 150 valence electrons. The van der Waals surface area contributed by atoms with Crippen LogP contribution in [0.5, 0.6) is 11.5 Å². The van der Waals surface area contributed by atoms with Crippen LogP contribution < -0.4 is 19.7 Å². The van der Waals surface area contributed by atoms with E-state index in [9.17, 15) is 4.79 Å². The van der Waals surface area contributed by atoms with Gasteiger partial charge in [-0.1, -0.05) is 12.1 Å². The average molecular weight is 383 g/mol. The lowest BCUT2D eigenvalue weighted by Crippen LogP contribution is -2.53. The molecular weight excluding hydrogens is 354 g/mol. The van der Waals surface area contributed by atoms with Crippen LogP contribution in [0.15, 0.2) is 48.5 Å². The molecule has 1 fully saturated rings. The van der Waals surface area contributed by atoms with Crippen molar-refractivity contribution >= 4 is 11.6 Å². The fourth-order valence-corrected chi connectivity index (χ4v) is 3.41. The Labute approximate surface area is 167 Å². The van der Waals surface area contributed by atoms with Gasteiger partial charge in [0.1, 0.15) is 11.5 Å². The molecule has 1 atom stereocenters. The molecule has 6 heteroatoms. The number of methoxy groups -OCH3 is 2. The number of piperazine rings is 1. The summed E-state index contributed by atoms with van der Waals surface area (Å²) in [5.74, 6) is 1.75. The second-order valence-corrected chi connectivity index (χ2v) is 6.96. The monoisotopic (exact) mass is 383 g/mol. The predicted molar refractivity (Wildman–Crippen MR) is 111 cm³/mol. The molecule has 1 aliphatic heterocycles. The Kier molecular flexibility index (Phi) is 6.76. The van der Waals surface area contributed by atoms with Crippen LogP contribution in [0.2, 0.25) is 0 Å². The Morgan fingerprint density at radius 1 is 0.929 bits per heavy atom. The first-order valence-electron chi connectivity index (χ1n) is 9.64. The molecule has 1 amide bonds. The normalized spacial score (nSPS) is 15.8. The van der Waals surface area contributed by atoms with E-state index in [1.807, 2.05) is 43.3 Å². The Morgan fingerprint density at radius 2 is 1.46 bits per heavy atom. The van der Waals surface area contributed by atoms with Gasteiger partial charge in [-0.3, -0.25) is 9.69 Å². The third kappa shape index (κ3) is 4.95. The van der Waals surface area contributed by atoms with Crippen LogP contribution >= 0.6 is 0 Å². The minimum absolute atomic E-state index is 0.0636. The van der Waals surface area contributed by atoms with E-state index < -0.39 is 0 Å². The third-order valence-electron chi connectivity index (χ3n) is 5.30. The van der Waals surface area contributed by atoms with E-state index in [0.29, 0.717) is 6.54 Å². The van der Waals surface area contributed by atoms with Crippen LogP contribution in [0.25, 0.3) is 0 Å². The Balaban J connectivity index is 1.46. The molecule has 6 nitrogen and oxygen atoms in total. The fraction of sp³-hybridized carbons (Fsp3) is 0.409. The van der Waals surface area contributed by atoms with Crippen molar-refractivity contribution in [1.82, 2.24) is 10.2 Å². The van der Waals surface area contributed by atoms with Gasteiger partial charge in [0.2, 0.25) is 5.91 Å².